The average Bonchev–Trinajstić information content (AvgIpc) is 2.81. The Morgan fingerprint density at radius 1 is 0.906 bits per heavy atom. The van der Waals surface area contributed by atoms with E-state index in [0.717, 1.165) is 12.1 Å². The van der Waals surface area contributed by atoms with E-state index in [1.165, 1.54) is 41.9 Å². The number of aromatic nitrogens is 1. The lowest BCUT2D eigenvalue weighted by Gasteiger charge is -2.31. The van der Waals surface area contributed by atoms with E-state index >= 15 is 0 Å². The van der Waals surface area contributed by atoms with Gasteiger partial charge in [0.1, 0.15) is 10.7 Å². The first-order chi connectivity index (χ1) is 15.3. The fraction of sp³-hybridized carbons (Fsp3) is 0.261. The van der Waals surface area contributed by atoms with Crippen molar-refractivity contribution in [3.05, 3.63) is 77.7 Å². The second-order valence-electron chi connectivity index (χ2n) is 7.58. The average molecular weight is 462 g/mol. The van der Waals surface area contributed by atoms with Crippen molar-refractivity contribution in [3.63, 3.8) is 0 Å². The lowest BCUT2D eigenvalue weighted by atomic mass is 9.88. The van der Waals surface area contributed by atoms with Gasteiger partial charge in [-0.25, -0.2) is 26.6 Å². The predicted molar refractivity (Wildman–Crippen MR) is 113 cm³/mol. The van der Waals surface area contributed by atoms with Crippen LogP contribution in [0, 0.1) is 17.5 Å². The number of nitrogens with zero attached hydrogens (tertiary/aromatic N) is 2. The van der Waals surface area contributed by atoms with Gasteiger partial charge in [-0.15, -0.1) is 0 Å². The smallest absolute Gasteiger partial charge is 0.244 e. The molecule has 0 saturated carbocycles. The second kappa shape index (κ2) is 8.91. The van der Waals surface area contributed by atoms with Crippen molar-refractivity contribution in [1.29, 1.82) is 0 Å². The van der Waals surface area contributed by atoms with Crippen LogP contribution >= 0.6 is 0 Å². The van der Waals surface area contributed by atoms with Crippen LogP contribution < -0.4 is 4.74 Å². The van der Waals surface area contributed by atoms with E-state index in [4.69, 9.17) is 4.74 Å². The van der Waals surface area contributed by atoms with Crippen molar-refractivity contribution in [2.75, 3.05) is 20.2 Å². The van der Waals surface area contributed by atoms with Crippen LogP contribution in [-0.2, 0) is 10.0 Å². The minimum Gasteiger partial charge on any atom is -0.481 e. The first kappa shape index (κ1) is 22.3. The van der Waals surface area contributed by atoms with Crippen LogP contribution in [0.2, 0.25) is 0 Å². The third-order valence-corrected chi connectivity index (χ3v) is 7.59. The Balaban J connectivity index is 1.47. The largest absolute Gasteiger partial charge is 0.481 e. The van der Waals surface area contributed by atoms with Gasteiger partial charge < -0.3 is 4.74 Å². The lowest BCUT2D eigenvalue weighted by molar-refractivity contribution is 0.315. The van der Waals surface area contributed by atoms with Gasteiger partial charge >= 0.3 is 0 Å². The number of methoxy groups -OCH3 is 1. The number of hydrogen-bond acceptors (Lipinski definition) is 4. The summed E-state index contributed by atoms with van der Waals surface area (Å²) in [5, 5.41) is 0. The highest BCUT2D eigenvalue weighted by Gasteiger charge is 2.31. The second-order valence-corrected chi connectivity index (χ2v) is 9.52. The van der Waals surface area contributed by atoms with Crippen LogP contribution in [0.4, 0.5) is 13.2 Å². The zero-order chi connectivity index (χ0) is 22.9. The lowest BCUT2D eigenvalue weighted by Crippen LogP contribution is -2.38. The molecule has 4 rings (SSSR count). The molecule has 2 heterocycles. The summed E-state index contributed by atoms with van der Waals surface area (Å²) in [6, 6.07) is 11.0. The van der Waals surface area contributed by atoms with E-state index in [1.54, 1.807) is 12.1 Å². The van der Waals surface area contributed by atoms with Crippen LogP contribution in [0.3, 0.4) is 0 Å². The molecule has 2 aromatic carbocycles. The molecule has 1 aliphatic heterocycles. The van der Waals surface area contributed by atoms with Gasteiger partial charge in [-0.1, -0.05) is 18.2 Å². The van der Waals surface area contributed by atoms with Gasteiger partial charge in [0.2, 0.25) is 15.9 Å². The summed E-state index contributed by atoms with van der Waals surface area (Å²) in [7, 11) is -2.25. The number of halogens is 3. The summed E-state index contributed by atoms with van der Waals surface area (Å²) in [6.45, 7) is 0.507. The molecule has 0 radical (unpaired) electrons. The minimum absolute atomic E-state index is 0.0822. The predicted octanol–water partition coefficient (Wildman–Crippen LogP) is 4.74. The Kier molecular flexibility index (Phi) is 6.21. The number of sulfonamides is 1. The maximum absolute atomic E-state index is 14.8. The van der Waals surface area contributed by atoms with Crippen molar-refractivity contribution in [2.45, 2.75) is 23.7 Å². The van der Waals surface area contributed by atoms with E-state index in [2.05, 4.69) is 4.98 Å². The van der Waals surface area contributed by atoms with Crippen molar-refractivity contribution < 1.29 is 26.3 Å². The monoisotopic (exact) mass is 462 g/mol. The summed E-state index contributed by atoms with van der Waals surface area (Å²) in [5.74, 6) is -2.22. The quantitative estimate of drug-likeness (QED) is 0.550. The molecule has 1 aromatic heterocycles. The normalized spacial score (nSPS) is 15.6. The van der Waals surface area contributed by atoms with E-state index < -0.39 is 27.5 Å². The molecule has 0 atom stereocenters. The molecule has 0 unspecified atom stereocenters. The van der Waals surface area contributed by atoms with E-state index in [1.807, 2.05) is 0 Å². The van der Waals surface area contributed by atoms with Crippen LogP contribution in [-0.4, -0.2) is 37.9 Å². The Hall–Kier alpha value is -2.91. The Morgan fingerprint density at radius 3 is 2.12 bits per heavy atom. The molecular weight excluding hydrogens is 441 g/mol. The van der Waals surface area contributed by atoms with Crippen molar-refractivity contribution in [3.8, 4) is 17.0 Å². The molecule has 0 N–H and O–H groups in total. The van der Waals surface area contributed by atoms with Gasteiger partial charge in [0.15, 0.2) is 11.6 Å². The van der Waals surface area contributed by atoms with Gasteiger partial charge in [0, 0.05) is 19.2 Å². The zero-order valence-corrected chi connectivity index (χ0v) is 18.1. The molecule has 1 fully saturated rings. The first-order valence-electron chi connectivity index (χ1n) is 10.0. The van der Waals surface area contributed by atoms with Gasteiger partial charge in [-0.3, -0.25) is 0 Å². The molecule has 0 aliphatic carbocycles. The van der Waals surface area contributed by atoms with Gasteiger partial charge in [0.25, 0.3) is 0 Å². The number of ether oxygens (including phenoxy) is 1. The molecule has 3 aromatic rings. The third-order valence-electron chi connectivity index (χ3n) is 5.70. The van der Waals surface area contributed by atoms with Gasteiger partial charge in [-0.05, 0) is 59.7 Å². The fourth-order valence-electron chi connectivity index (χ4n) is 3.91. The maximum Gasteiger partial charge on any atom is 0.244 e. The van der Waals surface area contributed by atoms with Crippen LogP contribution in [0.25, 0.3) is 11.1 Å². The van der Waals surface area contributed by atoms with Gasteiger partial charge in [-0.2, -0.15) is 4.31 Å². The van der Waals surface area contributed by atoms with Crippen LogP contribution in [0.5, 0.6) is 5.88 Å². The highest BCUT2D eigenvalue weighted by atomic mass is 32.2. The SMILES string of the molecule is COc1ccc(S(=O)(=O)N2CCC(c3ccc(-c4ccc(F)c(F)c4)cc3F)CC2)cn1. The molecule has 0 amide bonds. The standard InChI is InChI=1S/C23H21F3N2O3S/c1-31-23-7-4-18(14-27-23)32(29,30)28-10-8-15(9-11-28)19-5-2-16(12-21(19)25)17-3-6-20(24)22(26)13-17/h2-7,12-15H,8-11H2,1H3. The summed E-state index contributed by atoms with van der Waals surface area (Å²) in [4.78, 5) is 4.04. The Morgan fingerprint density at radius 2 is 1.56 bits per heavy atom. The number of hydrogen-bond donors (Lipinski definition) is 0. The van der Waals surface area contributed by atoms with Gasteiger partial charge in [0.05, 0.1) is 13.3 Å². The number of pyridine rings is 1. The molecule has 1 aliphatic rings. The molecule has 0 bridgehead atoms. The van der Waals surface area contributed by atoms with E-state index in [9.17, 15) is 21.6 Å². The molecule has 9 heteroatoms. The highest BCUT2D eigenvalue weighted by molar-refractivity contribution is 7.89. The van der Waals surface area contributed by atoms with Crippen molar-refractivity contribution in [1.82, 2.24) is 9.29 Å². The van der Waals surface area contributed by atoms with Crippen LogP contribution in [0.1, 0.15) is 24.3 Å². The molecule has 0 spiro atoms. The Bertz CT molecular complexity index is 1230. The van der Waals surface area contributed by atoms with Crippen molar-refractivity contribution >= 4 is 10.0 Å². The number of benzene rings is 2. The maximum atomic E-state index is 14.8. The minimum atomic E-state index is -3.70. The summed E-state index contributed by atoms with van der Waals surface area (Å²) in [6.07, 6.45) is 2.19. The summed E-state index contributed by atoms with van der Waals surface area (Å²) >= 11 is 0. The zero-order valence-electron chi connectivity index (χ0n) is 17.3. The van der Waals surface area contributed by atoms with Crippen molar-refractivity contribution in [2.24, 2.45) is 0 Å². The van der Waals surface area contributed by atoms with Crippen LogP contribution in [0.15, 0.2) is 59.6 Å². The first-order valence-corrected chi connectivity index (χ1v) is 11.5. The molecule has 5 nitrogen and oxygen atoms in total. The number of piperidine rings is 1. The molecule has 32 heavy (non-hydrogen) atoms. The number of rotatable bonds is 5. The summed E-state index contributed by atoms with van der Waals surface area (Å²) in [5.41, 5.74) is 1.31. The fourth-order valence-corrected chi connectivity index (χ4v) is 5.33. The topological polar surface area (TPSA) is 59.5 Å². The van der Waals surface area contributed by atoms with E-state index in [0.29, 0.717) is 35.4 Å². The molecule has 168 valence electrons. The van der Waals surface area contributed by atoms with E-state index in [-0.39, 0.29) is 23.9 Å². The molecule has 1 saturated heterocycles. The summed E-state index contributed by atoms with van der Waals surface area (Å²) < 4.78 is 73.6. The third kappa shape index (κ3) is 4.35. The Labute approximate surface area is 184 Å². The molecular formula is C23H21F3N2O3S. The highest BCUT2D eigenvalue weighted by Crippen LogP contribution is 2.34.